The van der Waals surface area contributed by atoms with Crippen LogP contribution in [0.15, 0.2) is 53.4 Å². The van der Waals surface area contributed by atoms with Crippen LogP contribution in [0.5, 0.6) is 11.5 Å². The number of methoxy groups -OCH3 is 1. The van der Waals surface area contributed by atoms with Crippen molar-refractivity contribution in [3.05, 3.63) is 54.1 Å². The summed E-state index contributed by atoms with van der Waals surface area (Å²) in [5.74, 6) is 0.942. The summed E-state index contributed by atoms with van der Waals surface area (Å²) in [6, 6.07) is 13.3. The molecular weight excluding hydrogens is 354 g/mol. The van der Waals surface area contributed by atoms with E-state index in [2.05, 4.69) is 5.32 Å². The van der Waals surface area contributed by atoms with Crippen molar-refractivity contribution in [1.82, 2.24) is 5.32 Å². The summed E-state index contributed by atoms with van der Waals surface area (Å²) < 4.78 is 33.7. The van der Waals surface area contributed by atoms with Crippen LogP contribution < -0.4 is 14.8 Å². The molecule has 1 atom stereocenters. The van der Waals surface area contributed by atoms with Crippen molar-refractivity contribution < 1.29 is 22.7 Å². The Morgan fingerprint density at radius 3 is 2.35 bits per heavy atom. The molecule has 0 heterocycles. The highest BCUT2D eigenvalue weighted by Gasteiger charge is 2.15. The molecular formula is C19H23NO5S. The second-order valence-electron chi connectivity index (χ2n) is 5.84. The average molecular weight is 377 g/mol. The van der Waals surface area contributed by atoms with Gasteiger partial charge in [0.1, 0.15) is 11.5 Å². The Kier molecular flexibility index (Phi) is 6.63. The van der Waals surface area contributed by atoms with E-state index in [1.54, 1.807) is 55.6 Å². The predicted octanol–water partition coefficient (Wildman–Crippen LogP) is 2.75. The molecule has 2 aromatic carbocycles. The van der Waals surface area contributed by atoms with Crippen molar-refractivity contribution in [3.63, 3.8) is 0 Å². The summed E-state index contributed by atoms with van der Waals surface area (Å²) in [6.45, 7) is 1.82. The molecule has 26 heavy (non-hydrogen) atoms. The van der Waals surface area contributed by atoms with Gasteiger partial charge >= 0.3 is 0 Å². The molecule has 0 saturated carbocycles. The van der Waals surface area contributed by atoms with Gasteiger partial charge in [-0.3, -0.25) is 4.79 Å². The molecule has 0 aromatic heterocycles. The van der Waals surface area contributed by atoms with Gasteiger partial charge in [-0.1, -0.05) is 25.1 Å². The van der Waals surface area contributed by atoms with E-state index in [4.69, 9.17) is 9.47 Å². The molecule has 2 rings (SSSR count). The Morgan fingerprint density at radius 2 is 1.77 bits per heavy atom. The highest BCUT2D eigenvalue weighted by molar-refractivity contribution is 7.90. The Morgan fingerprint density at radius 1 is 1.12 bits per heavy atom. The van der Waals surface area contributed by atoms with Crippen LogP contribution in [0, 0.1) is 0 Å². The Hall–Kier alpha value is -2.54. The number of carbonyl (C=O) groups excluding carboxylic acids is 1. The monoisotopic (exact) mass is 377 g/mol. The number of rotatable bonds is 8. The van der Waals surface area contributed by atoms with E-state index in [0.717, 1.165) is 11.8 Å². The molecule has 0 fully saturated rings. The number of hydrogen-bond acceptors (Lipinski definition) is 5. The number of nitrogens with one attached hydrogen (secondary N) is 1. The number of hydrogen-bond donors (Lipinski definition) is 1. The number of ether oxygens (including phenoxy) is 2. The summed E-state index contributed by atoms with van der Waals surface area (Å²) in [4.78, 5) is 12.4. The van der Waals surface area contributed by atoms with Crippen LogP contribution in [-0.4, -0.2) is 34.3 Å². The van der Waals surface area contributed by atoms with Crippen LogP contribution in [0.1, 0.15) is 24.9 Å². The first kappa shape index (κ1) is 19.8. The second kappa shape index (κ2) is 8.71. The lowest BCUT2D eigenvalue weighted by Gasteiger charge is -2.18. The molecule has 0 radical (unpaired) electrons. The number of carbonyl (C=O) groups is 1. The van der Waals surface area contributed by atoms with E-state index in [-0.39, 0.29) is 23.5 Å². The highest BCUT2D eigenvalue weighted by Crippen LogP contribution is 2.20. The van der Waals surface area contributed by atoms with Crippen molar-refractivity contribution in [3.8, 4) is 11.5 Å². The highest BCUT2D eigenvalue weighted by atomic mass is 32.2. The molecule has 0 spiro atoms. The third-order valence-corrected chi connectivity index (χ3v) is 4.99. The maximum absolute atomic E-state index is 12.2. The van der Waals surface area contributed by atoms with Crippen molar-refractivity contribution in [2.75, 3.05) is 20.0 Å². The van der Waals surface area contributed by atoms with Crippen LogP contribution >= 0.6 is 0 Å². The van der Waals surface area contributed by atoms with E-state index in [1.807, 2.05) is 6.92 Å². The molecule has 0 bridgehead atoms. The summed E-state index contributed by atoms with van der Waals surface area (Å²) >= 11 is 0. The number of sulfone groups is 1. The Bertz CT molecular complexity index is 846. The lowest BCUT2D eigenvalue weighted by Crippen LogP contribution is -2.32. The minimum Gasteiger partial charge on any atom is -0.497 e. The lowest BCUT2D eigenvalue weighted by atomic mass is 10.0. The average Bonchev–Trinajstić information content (AvgIpc) is 2.64. The number of benzene rings is 2. The molecule has 6 nitrogen and oxygen atoms in total. The summed E-state index contributed by atoms with van der Waals surface area (Å²) in [7, 11) is -1.68. The van der Waals surface area contributed by atoms with Crippen molar-refractivity contribution in [2.24, 2.45) is 0 Å². The summed E-state index contributed by atoms with van der Waals surface area (Å²) in [5.41, 5.74) is 0.842. The van der Waals surface area contributed by atoms with Crippen LogP contribution in [0.3, 0.4) is 0 Å². The first-order chi connectivity index (χ1) is 12.3. The van der Waals surface area contributed by atoms with Gasteiger partial charge in [-0.25, -0.2) is 8.42 Å². The van der Waals surface area contributed by atoms with Gasteiger partial charge < -0.3 is 14.8 Å². The van der Waals surface area contributed by atoms with Gasteiger partial charge in [0.15, 0.2) is 16.4 Å². The van der Waals surface area contributed by atoms with Crippen molar-refractivity contribution in [2.45, 2.75) is 24.3 Å². The third-order valence-electron chi connectivity index (χ3n) is 3.87. The molecule has 1 N–H and O–H groups in total. The Labute approximate surface area is 154 Å². The zero-order valence-corrected chi connectivity index (χ0v) is 15.9. The van der Waals surface area contributed by atoms with Crippen molar-refractivity contribution >= 4 is 15.7 Å². The van der Waals surface area contributed by atoms with Crippen LogP contribution in [0.4, 0.5) is 0 Å². The smallest absolute Gasteiger partial charge is 0.258 e. The minimum atomic E-state index is -3.24. The van der Waals surface area contributed by atoms with Gasteiger partial charge in [0.05, 0.1) is 18.0 Å². The van der Waals surface area contributed by atoms with E-state index in [1.165, 1.54) is 0 Å². The minimum absolute atomic E-state index is 0.120. The van der Waals surface area contributed by atoms with E-state index < -0.39 is 9.84 Å². The van der Waals surface area contributed by atoms with Gasteiger partial charge in [0.25, 0.3) is 5.91 Å². The zero-order valence-electron chi connectivity index (χ0n) is 15.1. The van der Waals surface area contributed by atoms with Crippen LogP contribution in [0.2, 0.25) is 0 Å². The largest absolute Gasteiger partial charge is 0.497 e. The quantitative estimate of drug-likeness (QED) is 0.765. The molecule has 7 heteroatoms. The van der Waals surface area contributed by atoms with Gasteiger partial charge in [0.2, 0.25) is 0 Å². The fourth-order valence-electron chi connectivity index (χ4n) is 2.44. The normalized spacial score (nSPS) is 12.3. The maximum Gasteiger partial charge on any atom is 0.258 e. The van der Waals surface area contributed by atoms with Crippen LogP contribution in [-0.2, 0) is 14.6 Å². The lowest BCUT2D eigenvalue weighted by molar-refractivity contribution is -0.123. The number of amides is 1. The second-order valence-corrected chi connectivity index (χ2v) is 7.85. The standard InChI is InChI=1S/C19H23NO5S/c1-4-18(14-8-10-17(11-9-14)26(3,22)23)20-19(21)13-25-16-7-5-6-15(12-16)24-2/h5-12,18H,4,13H2,1-3H3,(H,20,21)/t18-/m0/s1. The molecule has 0 aliphatic heterocycles. The van der Waals surface area contributed by atoms with E-state index >= 15 is 0 Å². The zero-order chi connectivity index (χ0) is 19.2. The third kappa shape index (κ3) is 5.49. The molecule has 2 aromatic rings. The fourth-order valence-corrected chi connectivity index (χ4v) is 3.07. The van der Waals surface area contributed by atoms with Gasteiger partial charge in [-0.05, 0) is 36.2 Å². The summed E-state index contributed by atoms with van der Waals surface area (Å²) in [5, 5.41) is 2.90. The van der Waals surface area contributed by atoms with Crippen molar-refractivity contribution in [1.29, 1.82) is 0 Å². The van der Waals surface area contributed by atoms with E-state index in [0.29, 0.717) is 17.9 Å². The maximum atomic E-state index is 12.2. The first-order valence-electron chi connectivity index (χ1n) is 8.19. The SMILES string of the molecule is CC[C@H](NC(=O)COc1cccc(OC)c1)c1ccc(S(C)(=O)=O)cc1. The van der Waals surface area contributed by atoms with Gasteiger partial charge in [-0.2, -0.15) is 0 Å². The predicted molar refractivity (Wildman–Crippen MR) is 99.2 cm³/mol. The fraction of sp³-hybridized carbons (Fsp3) is 0.316. The Balaban J connectivity index is 1.97. The van der Waals surface area contributed by atoms with Gasteiger partial charge in [0, 0.05) is 12.3 Å². The summed E-state index contributed by atoms with van der Waals surface area (Å²) in [6.07, 6.45) is 1.83. The van der Waals surface area contributed by atoms with Crippen LogP contribution in [0.25, 0.3) is 0 Å². The topological polar surface area (TPSA) is 81.7 Å². The first-order valence-corrected chi connectivity index (χ1v) is 10.1. The molecule has 0 aliphatic rings. The molecule has 0 unspecified atom stereocenters. The molecule has 140 valence electrons. The molecule has 0 saturated heterocycles. The molecule has 0 aliphatic carbocycles. The van der Waals surface area contributed by atoms with E-state index in [9.17, 15) is 13.2 Å². The van der Waals surface area contributed by atoms with Gasteiger partial charge in [-0.15, -0.1) is 0 Å². The molecule has 1 amide bonds.